The Bertz CT molecular complexity index is 784. The maximum Gasteiger partial charge on any atom is 0.166 e. The van der Waals surface area contributed by atoms with Gasteiger partial charge >= 0.3 is 0 Å². The number of hydrogen-bond acceptors (Lipinski definition) is 1. The van der Waals surface area contributed by atoms with Gasteiger partial charge in [-0.1, -0.05) is 56.9 Å². The fourth-order valence-corrected chi connectivity index (χ4v) is 4.36. The molecule has 1 aliphatic rings. The molecule has 2 aromatic carbocycles. The number of rotatable bonds is 8. The molecular formula is C26H32F2O. The molecule has 0 amide bonds. The van der Waals surface area contributed by atoms with E-state index in [9.17, 15) is 8.78 Å². The average molecular weight is 399 g/mol. The highest BCUT2D eigenvalue weighted by Crippen LogP contribution is 2.38. The third kappa shape index (κ3) is 5.68. The number of ether oxygens (including phenoxy) is 1. The van der Waals surface area contributed by atoms with Crippen LogP contribution in [0.25, 0.3) is 11.7 Å². The molecule has 0 heterocycles. The van der Waals surface area contributed by atoms with E-state index in [0.717, 1.165) is 5.92 Å². The monoisotopic (exact) mass is 398 g/mol. The minimum Gasteiger partial charge on any atom is -0.497 e. The quantitative estimate of drug-likeness (QED) is 0.321. The molecule has 0 spiro atoms. The molecule has 156 valence electrons. The molecule has 3 heteroatoms. The molecule has 1 fully saturated rings. The predicted octanol–water partition coefficient (Wildman–Crippen LogP) is 8.31. The van der Waals surface area contributed by atoms with E-state index in [1.807, 2.05) is 12.1 Å². The fraction of sp³-hybridized carbons (Fsp3) is 0.462. The summed E-state index contributed by atoms with van der Waals surface area (Å²) in [7, 11) is 1.54. The summed E-state index contributed by atoms with van der Waals surface area (Å²) in [6.07, 6.45) is 10.3. The first kappa shape index (κ1) is 21.5. The summed E-state index contributed by atoms with van der Waals surface area (Å²) in [5.41, 5.74) is 1.75. The predicted molar refractivity (Wildman–Crippen MR) is 117 cm³/mol. The lowest BCUT2D eigenvalue weighted by Crippen LogP contribution is -2.13. The van der Waals surface area contributed by atoms with Gasteiger partial charge in [0.1, 0.15) is 5.75 Å². The van der Waals surface area contributed by atoms with Crippen LogP contribution in [0.3, 0.4) is 0 Å². The standard InChI is InChI=1S/C26H32F2O/c1-3-4-5-6-19-7-9-20(10-8-19)21-11-13-22(14-12-21)25(27)26(28)23-15-17-24(29-2)18-16-23/h11-20H,3-10H2,1-2H3/b26-25+. The Morgan fingerprint density at radius 2 is 1.38 bits per heavy atom. The zero-order chi connectivity index (χ0) is 20.6. The zero-order valence-electron chi connectivity index (χ0n) is 17.6. The number of unbranched alkanes of at least 4 members (excludes halogenated alkanes) is 2. The molecule has 0 atom stereocenters. The molecule has 0 N–H and O–H groups in total. The first-order chi connectivity index (χ1) is 14.1. The van der Waals surface area contributed by atoms with Crippen LogP contribution >= 0.6 is 0 Å². The van der Waals surface area contributed by atoms with E-state index in [4.69, 9.17) is 4.74 Å². The maximum absolute atomic E-state index is 14.6. The molecule has 1 nitrogen and oxygen atoms in total. The topological polar surface area (TPSA) is 9.23 Å². The highest BCUT2D eigenvalue weighted by Gasteiger charge is 2.22. The Morgan fingerprint density at radius 3 is 1.90 bits per heavy atom. The largest absolute Gasteiger partial charge is 0.497 e. The lowest BCUT2D eigenvalue weighted by atomic mass is 9.77. The van der Waals surface area contributed by atoms with E-state index < -0.39 is 11.7 Å². The third-order valence-corrected chi connectivity index (χ3v) is 6.23. The number of hydrogen-bond donors (Lipinski definition) is 0. The second-order valence-corrected chi connectivity index (χ2v) is 8.19. The second kappa shape index (κ2) is 10.6. The van der Waals surface area contributed by atoms with Crippen LogP contribution < -0.4 is 4.74 Å². The van der Waals surface area contributed by atoms with Crippen LogP contribution in [0.4, 0.5) is 8.78 Å². The molecule has 2 aromatic rings. The van der Waals surface area contributed by atoms with Crippen molar-refractivity contribution in [2.45, 2.75) is 64.2 Å². The van der Waals surface area contributed by atoms with Crippen molar-refractivity contribution < 1.29 is 13.5 Å². The first-order valence-electron chi connectivity index (χ1n) is 10.9. The Kier molecular flexibility index (Phi) is 7.85. The van der Waals surface area contributed by atoms with Crippen molar-refractivity contribution in [2.24, 2.45) is 5.92 Å². The highest BCUT2D eigenvalue weighted by molar-refractivity contribution is 5.83. The lowest BCUT2D eigenvalue weighted by Gasteiger charge is -2.29. The van der Waals surface area contributed by atoms with Gasteiger partial charge in [0, 0.05) is 11.1 Å². The van der Waals surface area contributed by atoms with Gasteiger partial charge in [0.15, 0.2) is 11.7 Å². The fourth-order valence-electron chi connectivity index (χ4n) is 4.36. The summed E-state index contributed by atoms with van der Waals surface area (Å²) < 4.78 is 34.2. The van der Waals surface area contributed by atoms with Gasteiger partial charge in [0.25, 0.3) is 0 Å². The van der Waals surface area contributed by atoms with Crippen LogP contribution in [0.2, 0.25) is 0 Å². The van der Waals surface area contributed by atoms with Gasteiger partial charge in [0.05, 0.1) is 7.11 Å². The van der Waals surface area contributed by atoms with Crippen molar-refractivity contribution in [3.05, 3.63) is 65.2 Å². The molecule has 0 aromatic heterocycles. The minimum absolute atomic E-state index is 0.216. The van der Waals surface area contributed by atoms with Crippen LogP contribution in [-0.4, -0.2) is 7.11 Å². The van der Waals surface area contributed by atoms with Crippen molar-refractivity contribution in [3.63, 3.8) is 0 Å². The Morgan fingerprint density at radius 1 is 0.828 bits per heavy atom. The van der Waals surface area contributed by atoms with Gasteiger partial charge < -0.3 is 4.74 Å². The second-order valence-electron chi connectivity index (χ2n) is 8.19. The van der Waals surface area contributed by atoms with Crippen molar-refractivity contribution in [1.82, 2.24) is 0 Å². The van der Waals surface area contributed by atoms with E-state index in [2.05, 4.69) is 6.92 Å². The summed E-state index contributed by atoms with van der Waals surface area (Å²) in [6, 6.07) is 13.7. The summed E-state index contributed by atoms with van der Waals surface area (Å²) in [5.74, 6) is 0.377. The molecule has 29 heavy (non-hydrogen) atoms. The van der Waals surface area contributed by atoms with Gasteiger partial charge in [-0.25, -0.2) is 8.78 Å². The summed E-state index contributed by atoms with van der Waals surface area (Å²) in [6.45, 7) is 2.25. The summed E-state index contributed by atoms with van der Waals surface area (Å²) >= 11 is 0. The maximum atomic E-state index is 14.6. The van der Waals surface area contributed by atoms with Crippen LogP contribution in [0.5, 0.6) is 5.75 Å². The summed E-state index contributed by atoms with van der Waals surface area (Å²) in [4.78, 5) is 0. The van der Waals surface area contributed by atoms with Gasteiger partial charge in [-0.2, -0.15) is 0 Å². The van der Waals surface area contributed by atoms with Gasteiger partial charge in [0.2, 0.25) is 0 Å². The molecule has 1 aliphatic carbocycles. The molecule has 0 unspecified atom stereocenters. The number of methoxy groups -OCH3 is 1. The van der Waals surface area contributed by atoms with Crippen molar-refractivity contribution in [3.8, 4) is 5.75 Å². The minimum atomic E-state index is -0.840. The molecule has 3 rings (SSSR count). The molecule has 1 saturated carbocycles. The average Bonchev–Trinajstić information content (AvgIpc) is 2.79. The van der Waals surface area contributed by atoms with E-state index in [0.29, 0.717) is 11.7 Å². The number of benzene rings is 2. The first-order valence-corrected chi connectivity index (χ1v) is 10.9. The third-order valence-electron chi connectivity index (χ3n) is 6.23. The van der Waals surface area contributed by atoms with E-state index in [1.165, 1.54) is 69.1 Å². The lowest BCUT2D eigenvalue weighted by molar-refractivity contribution is 0.303. The van der Waals surface area contributed by atoms with Gasteiger partial charge in [-0.15, -0.1) is 0 Å². The molecule has 0 bridgehead atoms. The van der Waals surface area contributed by atoms with Crippen molar-refractivity contribution in [1.29, 1.82) is 0 Å². The number of halogens is 2. The molecule has 0 saturated heterocycles. The van der Waals surface area contributed by atoms with E-state index in [-0.39, 0.29) is 11.1 Å². The van der Waals surface area contributed by atoms with E-state index >= 15 is 0 Å². The van der Waals surface area contributed by atoms with Crippen LogP contribution in [0, 0.1) is 5.92 Å². The van der Waals surface area contributed by atoms with Crippen molar-refractivity contribution >= 4 is 11.7 Å². The van der Waals surface area contributed by atoms with Gasteiger partial charge in [-0.3, -0.25) is 0 Å². The van der Waals surface area contributed by atoms with Gasteiger partial charge in [-0.05, 0) is 67.3 Å². The smallest absolute Gasteiger partial charge is 0.166 e. The van der Waals surface area contributed by atoms with Crippen LogP contribution in [0.15, 0.2) is 48.5 Å². The molecule has 0 radical (unpaired) electrons. The van der Waals surface area contributed by atoms with Crippen molar-refractivity contribution in [2.75, 3.05) is 7.11 Å². The Hall–Kier alpha value is -2.16. The normalized spacial score (nSPS) is 20.3. The summed E-state index contributed by atoms with van der Waals surface area (Å²) in [5, 5.41) is 0. The SMILES string of the molecule is CCCCCC1CCC(c2ccc(/C(F)=C(\F)c3ccc(OC)cc3)cc2)CC1. The Labute approximate surface area is 173 Å². The van der Waals surface area contributed by atoms with Crippen LogP contribution in [0.1, 0.15) is 80.9 Å². The zero-order valence-corrected chi connectivity index (χ0v) is 17.6. The highest BCUT2D eigenvalue weighted by atomic mass is 19.2. The van der Waals surface area contributed by atoms with Crippen LogP contribution in [-0.2, 0) is 0 Å². The Balaban J connectivity index is 1.62. The van der Waals surface area contributed by atoms with E-state index in [1.54, 1.807) is 31.4 Å². The molecule has 0 aliphatic heterocycles. The molecular weight excluding hydrogens is 366 g/mol.